The van der Waals surface area contributed by atoms with Gasteiger partial charge in [-0.25, -0.2) is 8.42 Å². The Morgan fingerprint density at radius 1 is 1.38 bits per heavy atom. The molecule has 0 spiro atoms. The predicted octanol–water partition coefficient (Wildman–Crippen LogP) is 0.888. The van der Waals surface area contributed by atoms with Gasteiger partial charge in [-0.05, 0) is 12.1 Å². The van der Waals surface area contributed by atoms with Crippen LogP contribution in [0.15, 0.2) is 23.1 Å². The van der Waals surface area contributed by atoms with Crippen LogP contribution in [-0.4, -0.2) is 51.0 Å². The topological polar surface area (TPSA) is 110 Å². The van der Waals surface area contributed by atoms with Gasteiger partial charge in [0.1, 0.15) is 5.69 Å². The van der Waals surface area contributed by atoms with Crippen molar-refractivity contribution in [2.24, 2.45) is 0 Å². The fourth-order valence-corrected chi connectivity index (χ4v) is 2.21. The van der Waals surface area contributed by atoms with Crippen molar-refractivity contribution in [2.75, 3.05) is 32.2 Å². The molecule has 0 saturated heterocycles. The van der Waals surface area contributed by atoms with Crippen molar-refractivity contribution in [1.82, 2.24) is 4.90 Å². The van der Waals surface area contributed by atoms with Crippen LogP contribution < -0.4 is 5.32 Å². The number of nitrogens with zero attached hydrogens (tertiary/aromatic N) is 2. The molecule has 0 saturated carbocycles. The Hall–Kier alpha value is -2.16. The molecular formula is C12H17N3O5S. The molecule has 1 aromatic carbocycles. The second-order valence-corrected chi connectivity index (χ2v) is 6.69. The van der Waals surface area contributed by atoms with Crippen molar-refractivity contribution >= 4 is 27.1 Å². The highest BCUT2D eigenvalue weighted by Gasteiger charge is 2.18. The maximum absolute atomic E-state index is 11.4. The fraction of sp³-hybridized carbons (Fsp3) is 0.417. The van der Waals surface area contributed by atoms with E-state index in [1.54, 1.807) is 14.1 Å². The zero-order valence-electron chi connectivity index (χ0n) is 12.0. The van der Waals surface area contributed by atoms with E-state index in [0.717, 1.165) is 12.3 Å². The van der Waals surface area contributed by atoms with Crippen LogP contribution in [0.25, 0.3) is 0 Å². The smallest absolute Gasteiger partial charge is 0.293 e. The molecule has 116 valence electrons. The summed E-state index contributed by atoms with van der Waals surface area (Å²) in [5, 5.41) is 13.8. The summed E-state index contributed by atoms with van der Waals surface area (Å²) >= 11 is 0. The average molecular weight is 315 g/mol. The molecule has 1 rings (SSSR count). The first-order valence-electron chi connectivity index (χ1n) is 6.05. The molecule has 1 amide bonds. The Balaban J connectivity index is 2.93. The number of rotatable bonds is 6. The van der Waals surface area contributed by atoms with Crippen molar-refractivity contribution in [1.29, 1.82) is 0 Å². The van der Waals surface area contributed by atoms with Gasteiger partial charge in [0, 0.05) is 39.4 Å². The first kappa shape index (κ1) is 16.9. The van der Waals surface area contributed by atoms with E-state index in [4.69, 9.17) is 0 Å². The van der Waals surface area contributed by atoms with Crippen LogP contribution in [0.1, 0.15) is 6.42 Å². The third kappa shape index (κ3) is 4.71. The minimum atomic E-state index is -3.51. The number of nitro benzene ring substituents is 1. The van der Waals surface area contributed by atoms with E-state index in [-0.39, 0.29) is 35.1 Å². The molecule has 1 aromatic rings. The number of nitro groups is 1. The molecule has 8 nitrogen and oxygen atoms in total. The molecule has 21 heavy (non-hydrogen) atoms. The number of hydrogen-bond donors (Lipinski definition) is 1. The summed E-state index contributed by atoms with van der Waals surface area (Å²) in [5.41, 5.74) is -0.158. The predicted molar refractivity (Wildman–Crippen MR) is 78.0 cm³/mol. The minimum absolute atomic E-state index is 0.113. The van der Waals surface area contributed by atoms with Crippen LogP contribution >= 0.6 is 0 Å². The van der Waals surface area contributed by atoms with E-state index in [1.165, 1.54) is 17.0 Å². The summed E-state index contributed by atoms with van der Waals surface area (Å²) in [7, 11) is -0.280. The van der Waals surface area contributed by atoms with Crippen LogP contribution in [0.2, 0.25) is 0 Å². The average Bonchev–Trinajstić information content (AvgIpc) is 2.37. The van der Waals surface area contributed by atoms with E-state index in [9.17, 15) is 23.3 Å². The Morgan fingerprint density at radius 3 is 2.48 bits per heavy atom. The molecule has 0 radical (unpaired) electrons. The van der Waals surface area contributed by atoms with E-state index in [0.29, 0.717) is 0 Å². The zero-order chi connectivity index (χ0) is 16.2. The van der Waals surface area contributed by atoms with Gasteiger partial charge in [0.25, 0.3) is 5.69 Å². The summed E-state index contributed by atoms with van der Waals surface area (Å²) in [6, 6.07) is 3.62. The Labute approximate surface area is 122 Å². The lowest BCUT2D eigenvalue weighted by Gasteiger charge is -2.11. The maximum atomic E-state index is 11.4. The SMILES string of the molecule is CN(C)C(=O)CCNc1ccc(S(C)(=O)=O)cc1[N+](=O)[O-]. The van der Waals surface area contributed by atoms with Crippen molar-refractivity contribution in [3.8, 4) is 0 Å². The standard InChI is InChI=1S/C12H17N3O5S/c1-14(2)12(16)6-7-13-10-5-4-9(21(3,19)20)8-11(10)15(17)18/h4-5,8,13H,6-7H2,1-3H3. The lowest BCUT2D eigenvalue weighted by atomic mass is 10.2. The molecule has 1 N–H and O–H groups in total. The van der Waals surface area contributed by atoms with Gasteiger partial charge in [-0.3, -0.25) is 14.9 Å². The van der Waals surface area contributed by atoms with E-state index < -0.39 is 14.8 Å². The molecule has 0 aromatic heterocycles. The monoisotopic (exact) mass is 315 g/mol. The fourth-order valence-electron chi connectivity index (χ4n) is 1.57. The normalized spacial score (nSPS) is 11.0. The van der Waals surface area contributed by atoms with Crippen LogP contribution in [-0.2, 0) is 14.6 Å². The Bertz CT molecular complexity index is 655. The first-order valence-corrected chi connectivity index (χ1v) is 7.94. The van der Waals surface area contributed by atoms with Crippen molar-refractivity contribution in [3.63, 3.8) is 0 Å². The number of carbonyl (C=O) groups excluding carboxylic acids is 1. The van der Waals surface area contributed by atoms with Gasteiger partial charge in [-0.2, -0.15) is 0 Å². The van der Waals surface area contributed by atoms with Crippen LogP contribution in [0.5, 0.6) is 0 Å². The van der Waals surface area contributed by atoms with Gasteiger partial charge < -0.3 is 10.2 Å². The lowest BCUT2D eigenvalue weighted by molar-refractivity contribution is -0.384. The largest absolute Gasteiger partial charge is 0.379 e. The van der Waals surface area contributed by atoms with Gasteiger partial charge in [-0.1, -0.05) is 0 Å². The van der Waals surface area contributed by atoms with Gasteiger partial charge in [-0.15, -0.1) is 0 Å². The van der Waals surface area contributed by atoms with Crippen LogP contribution in [0.3, 0.4) is 0 Å². The number of nitrogens with one attached hydrogen (secondary N) is 1. The highest BCUT2D eigenvalue weighted by molar-refractivity contribution is 7.90. The van der Waals surface area contributed by atoms with Gasteiger partial charge >= 0.3 is 0 Å². The molecule has 0 atom stereocenters. The molecule has 0 aliphatic heterocycles. The molecule has 0 heterocycles. The van der Waals surface area contributed by atoms with E-state index in [1.807, 2.05) is 0 Å². The second kappa shape index (κ2) is 6.53. The number of benzene rings is 1. The van der Waals surface area contributed by atoms with Gasteiger partial charge in [0.15, 0.2) is 9.84 Å². The highest BCUT2D eigenvalue weighted by atomic mass is 32.2. The van der Waals surface area contributed by atoms with Crippen LogP contribution in [0.4, 0.5) is 11.4 Å². The van der Waals surface area contributed by atoms with Gasteiger partial charge in [0.2, 0.25) is 5.91 Å². The molecular weight excluding hydrogens is 298 g/mol. The number of sulfone groups is 1. The summed E-state index contributed by atoms with van der Waals surface area (Å²) in [5.74, 6) is -0.113. The quantitative estimate of drug-likeness (QED) is 0.616. The third-order valence-corrected chi connectivity index (χ3v) is 3.86. The summed E-state index contributed by atoms with van der Waals surface area (Å²) in [6.45, 7) is 0.218. The van der Waals surface area contributed by atoms with Crippen molar-refractivity contribution in [3.05, 3.63) is 28.3 Å². The highest BCUT2D eigenvalue weighted by Crippen LogP contribution is 2.27. The summed E-state index contributed by atoms with van der Waals surface area (Å²) in [6.07, 6.45) is 1.16. The zero-order valence-corrected chi connectivity index (χ0v) is 12.8. The lowest BCUT2D eigenvalue weighted by Crippen LogP contribution is -2.24. The number of amides is 1. The molecule has 0 fully saturated rings. The Kier molecular flexibility index (Phi) is 5.25. The van der Waals surface area contributed by atoms with Crippen molar-refractivity contribution < 1.29 is 18.1 Å². The number of carbonyl (C=O) groups is 1. The first-order chi connectivity index (χ1) is 9.62. The molecule has 0 unspecified atom stereocenters. The molecule has 0 bridgehead atoms. The molecule has 0 aliphatic carbocycles. The molecule has 9 heteroatoms. The number of anilines is 1. The van der Waals surface area contributed by atoms with E-state index >= 15 is 0 Å². The Morgan fingerprint density at radius 2 is 2.00 bits per heavy atom. The second-order valence-electron chi connectivity index (χ2n) is 4.67. The third-order valence-electron chi connectivity index (χ3n) is 2.75. The molecule has 0 aliphatic rings. The minimum Gasteiger partial charge on any atom is -0.379 e. The van der Waals surface area contributed by atoms with Crippen LogP contribution in [0, 0.1) is 10.1 Å². The van der Waals surface area contributed by atoms with E-state index in [2.05, 4.69) is 5.32 Å². The summed E-state index contributed by atoms with van der Waals surface area (Å²) < 4.78 is 22.8. The maximum Gasteiger partial charge on any atom is 0.293 e. The van der Waals surface area contributed by atoms with Gasteiger partial charge in [0.05, 0.1) is 9.82 Å². The summed E-state index contributed by atoms with van der Waals surface area (Å²) in [4.78, 5) is 23.0. The number of hydrogen-bond acceptors (Lipinski definition) is 6. The van der Waals surface area contributed by atoms with Crippen molar-refractivity contribution in [2.45, 2.75) is 11.3 Å².